The van der Waals surface area contributed by atoms with Gasteiger partial charge in [-0.25, -0.2) is 8.42 Å². The van der Waals surface area contributed by atoms with E-state index in [4.69, 9.17) is 4.42 Å². The minimum Gasteiger partial charge on any atom is -0.459 e. The maximum Gasteiger partial charge on any atom is 0.287 e. The molecule has 6 heteroatoms. The zero-order chi connectivity index (χ0) is 19.4. The number of carbonyl (C=O) groups excluding carboxylic acids is 1. The van der Waals surface area contributed by atoms with Gasteiger partial charge in [0.15, 0.2) is 15.6 Å². The van der Waals surface area contributed by atoms with Crippen LogP contribution in [0.2, 0.25) is 0 Å². The van der Waals surface area contributed by atoms with E-state index in [9.17, 15) is 13.2 Å². The van der Waals surface area contributed by atoms with E-state index >= 15 is 0 Å². The fourth-order valence-electron chi connectivity index (χ4n) is 2.77. The molecule has 1 aromatic heterocycles. The van der Waals surface area contributed by atoms with E-state index < -0.39 is 15.7 Å². The van der Waals surface area contributed by atoms with Crippen molar-refractivity contribution >= 4 is 15.7 Å². The van der Waals surface area contributed by atoms with Gasteiger partial charge in [0.1, 0.15) is 0 Å². The zero-order valence-corrected chi connectivity index (χ0v) is 16.0. The van der Waals surface area contributed by atoms with Crippen molar-refractivity contribution in [2.24, 2.45) is 0 Å². The van der Waals surface area contributed by atoms with E-state index in [1.165, 1.54) is 24.5 Å². The highest BCUT2D eigenvalue weighted by Gasteiger charge is 2.23. The third kappa shape index (κ3) is 4.46. The number of nitrogens with one attached hydrogen (secondary N) is 1. The third-order valence-electron chi connectivity index (χ3n) is 4.33. The summed E-state index contributed by atoms with van der Waals surface area (Å²) in [5.41, 5.74) is 2.43. The van der Waals surface area contributed by atoms with Crippen molar-refractivity contribution in [1.29, 1.82) is 0 Å². The number of hydrogen-bond donors (Lipinski definition) is 1. The Hall–Kier alpha value is -2.86. The molecule has 0 saturated carbocycles. The molecule has 1 N–H and O–H groups in total. The summed E-state index contributed by atoms with van der Waals surface area (Å²) in [5, 5.41) is 2.86. The average Bonchev–Trinajstić information content (AvgIpc) is 3.10. The first-order chi connectivity index (χ1) is 12.9. The lowest BCUT2D eigenvalue weighted by atomic mass is 10.1. The van der Waals surface area contributed by atoms with E-state index in [-0.39, 0.29) is 22.5 Å². The predicted molar refractivity (Wildman–Crippen MR) is 103 cm³/mol. The molecule has 1 atom stereocenters. The van der Waals surface area contributed by atoms with Gasteiger partial charge in [0.2, 0.25) is 0 Å². The average molecular weight is 383 g/mol. The smallest absolute Gasteiger partial charge is 0.287 e. The highest BCUT2D eigenvalue weighted by molar-refractivity contribution is 7.90. The van der Waals surface area contributed by atoms with E-state index in [1.807, 2.05) is 38.1 Å². The van der Waals surface area contributed by atoms with Crippen LogP contribution in [-0.4, -0.2) is 14.3 Å². The third-order valence-corrected chi connectivity index (χ3v) is 6.01. The number of sulfone groups is 1. The van der Waals surface area contributed by atoms with Crippen LogP contribution in [0, 0.1) is 6.92 Å². The van der Waals surface area contributed by atoms with Crippen LogP contribution in [0.5, 0.6) is 0 Å². The topological polar surface area (TPSA) is 76.4 Å². The summed E-state index contributed by atoms with van der Waals surface area (Å²) in [4.78, 5) is 12.8. The van der Waals surface area contributed by atoms with E-state index in [0.717, 1.165) is 11.1 Å². The van der Waals surface area contributed by atoms with Crippen LogP contribution in [0.25, 0.3) is 0 Å². The van der Waals surface area contributed by atoms with Crippen molar-refractivity contribution in [2.45, 2.75) is 30.5 Å². The number of amides is 1. The SMILES string of the molecule is Cc1ccc(C(C)NC(=O)c2occc2CS(=O)(=O)c2ccccc2)cc1. The molecule has 0 fully saturated rings. The van der Waals surface area contributed by atoms with Gasteiger partial charge < -0.3 is 9.73 Å². The predicted octanol–water partition coefficient (Wildman–Crippen LogP) is 4.05. The molecule has 2 aromatic carbocycles. The second kappa shape index (κ2) is 7.80. The molecule has 0 saturated heterocycles. The molecule has 27 heavy (non-hydrogen) atoms. The van der Waals surface area contributed by atoms with Crippen molar-refractivity contribution in [3.63, 3.8) is 0 Å². The Morgan fingerprint density at radius 3 is 2.37 bits per heavy atom. The molecule has 1 heterocycles. The molecule has 1 amide bonds. The maximum absolute atomic E-state index is 12.6. The second-order valence-electron chi connectivity index (χ2n) is 6.45. The Balaban J connectivity index is 1.76. The van der Waals surface area contributed by atoms with Gasteiger partial charge in [-0.15, -0.1) is 0 Å². The van der Waals surface area contributed by atoms with E-state index in [1.54, 1.807) is 18.2 Å². The summed E-state index contributed by atoms with van der Waals surface area (Å²) in [6.45, 7) is 3.86. The highest BCUT2D eigenvalue weighted by Crippen LogP contribution is 2.21. The Kier molecular flexibility index (Phi) is 5.46. The van der Waals surface area contributed by atoms with Crippen molar-refractivity contribution in [1.82, 2.24) is 5.32 Å². The minimum atomic E-state index is -3.56. The highest BCUT2D eigenvalue weighted by atomic mass is 32.2. The molecule has 1 unspecified atom stereocenters. The zero-order valence-electron chi connectivity index (χ0n) is 15.2. The molecule has 5 nitrogen and oxygen atoms in total. The van der Waals surface area contributed by atoms with E-state index in [2.05, 4.69) is 5.32 Å². The second-order valence-corrected chi connectivity index (χ2v) is 8.44. The Morgan fingerprint density at radius 1 is 1.04 bits per heavy atom. The van der Waals surface area contributed by atoms with Crippen LogP contribution in [0.4, 0.5) is 0 Å². The fourth-order valence-corrected chi connectivity index (χ4v) is 4.14. The van der Waals surface area contributed by atoms with Crippen molar-refractivity contribution in [3.05, 3.63) is 89.4 Å². The summed E-state index contributed by atoms with van der Waals surface area (Å²) in [7, 11) is -3.56. The van der Waals surface area contributed by atoms with Gasteiger partial charge in [0.05, 0.1) is 23.0 Å². The van der Waals surface area contributed by atoms with Crippen molar-refractivity contribution in [3.8, 4) is 0 Å². The Morgan fingerprint density at radius 2 is 1.70 bits per heavy atom. The van der Waals surface area contributed by atoms with E-state index in [0.29, 0.717) is 5.56 Å². The summed E-state index contributed by atoms with van der Waals surface area (Å²) >= 11 is 0. The van der Waals surface area contributed by atoms with Crippen LogP contribution in [0.1, 0.15) is 40.2 Å². The quantitative estimate of drug-likeness (QED) is 0.697. The van der Waals surface area contributed by atoms with Gasteiger partial charge in [-0.1, -0.05) is 48.0 Å². The van der Waals surface area contributed by atoms with Gasteiger partial charge in [-0.2, -0.15) is 0 Å². The lowest BCUT2D eigenvalue weighted by Gasteiger charge is -2.14. The van der Waals surface area contributed by atoms with Crippen molar-refractivity contribution < 1.29 is 17.6 Å². The van der Waals surface area contributed by atoms with Crippen LogP contribution < -0.4 is 5.32 Å². The van der Waals surface area contributed by atoms with Gasteiger partial charge in [-0.3, -0.25) is 4.79 Å². The van der Waals surface area contributed by atoms with Gasteiger partial charge >= 0.3 is 0 Å². The molecular weight excluding hydrogens is 362 g/mol. The molecule has 140 valence electrons. The number of aryl methyl sites for hydroxylation is 1. The normalized spacial score (nSPS) is 12.5. The van der Waals surface area contributed by atoms with Crippen LogP contribution in [0.3, 0.4) is 0 Å². The Labute approximate surface area is 159 Å². The molecule has 0 radical (unpaired) electrons. The first kappa shape index (κ1) is 18.9. The number of rotatable bonds is 6. The monoisotopic (exact) mass is 383 g/mol. The first-order valence-electron chi connectivity index (χ1n) is 8.58. The number of carbonyl (C=O) groups is 1. The summed E-state index contributed by atoms with van der Waals surface area (Å²) < 4.78 is 30.4. The standard InChI is InChI=1S/C21H21NO4S/c1-15-8-10-17(11-9-15)16(2)22-21(23)20-18(12-13-26-20)14-27(24,25)19-6-4-3-5-7-19/h3-13,16H,14H2,1-2H3,(H,22,23). The minimum absolute atomic E-state index is 0.0217. The molecule has 0 aliphatic rings. The Bertz CT molecular complexity index is 1020. The molecule has 0 spiro atoms. The molecule has 0 aliphatic carbocycles. The lowest BCUT2D eigenvalue weighted by molar-refractivity contribution is 0.0911. The van der Waals surface area contributed by atoms with Crippen LogP contribution in [0.15, 0.2) is 76.2 Å². The van der Waals surface area contributed by atoms with Gasteiger partial charge in [0.25, 0.3) is 5.91 Å². The summed E-state index contributed by atoms with van der Waals surface area (Å²) in [5.74, 6) is -0.713. The number of benzene rings is 2. The lowest BCUT2D eigenvalue weighted by Crippen LogP contribution is -2.27. The van der Waals surface area contributed by atoms with Crippen LogP contribution >= 0.6 is 0 Å². The molecule has 3 aromatic rings. The molecule has 0 bridgehead atoms. The number of furan rings is 1. The summed E-state index contributed by atoms with van der Waals surface area (Å²) in [6.07, 6.45) is 1.33. The fraction of sp³-hybridized carbons (Fsp3) is 0.190. The summed E-state index contributed by atoms with van der Waals surface area (Å²) in [6, 6.07) is 17.3. The number of hydrogen-bond acceptors (Lipinski definition) is 4. The maximum atomic E-state index is 12.6. The van der Waals surface area contributed by atoms with Crippen LogP contribution in [-0.2, 0) is 15.6 Å². The molecule has 0 aliphatic heterocycles. The van der Waals surface area contributed by atoms with Gasteiger partial charge in [-0.05, 0) is 37.6 Å². The largest absolute Gasteiger partial charge is 0.459 e. The molecular formula is C21H21NO4S. The first-order valence-corrected chi connectivity index (χ1v) is 10.2. The van der Waals surface area contributed by atoms with Crippen molar-refractivity contribution in [2.75, 3.05) is 0 Å². The molecule has 3 rings (SSSR count). The van der Waals surface area contributed by atoms with Gasteiger partial charge in [0, 0.05) is 5.56 Å².